The zero-order valence-electron chi connectivity index (χ0n) is 21.1. The first-order valence-electron chi connectivity index (χ1n) is 12.9. The molecule has 10 heteroatoms. The average Bonchev–Trinajstić information content (AvgIpc) is 3.42. The third-order valence-electron chi connectivity index (χ3n) is 7.69. The van der Waals surface area contributed by atoms with Crippen molar-refractivity contribution in [3.63, 3.8) is 0 Å². The predicted octanol–water partition coefficient (Wildman–Crippen LogP) is 3.51. The van der Waals surface area contributed by atoms with Crippen molar-refractivity contribution in [1.29, 1.82) is 0 Å². The minimum absolute atomic E-state index is 0.0826. The van der Waals surface area contributed by atoms with Gasteiger partial charge in [-0.05, 0) is 49.4 Å². The number of hydrogen-bond acceptors (Lipinski definition) is 7. The van der Waals surface area contributed by atoms with E-state index in [9.17, 15) is 9.18 Å². The summed E-state index contributed by atoms with van der Waals surface area (Å²) < 4.78 is 28.0. The average molecular weight is 507 g/mol. The fraction of sp³-hybridized carbons (Fsp3) is 0.481. The number of aryl methyl sites for hydroxylation is 1. The largest absolute Gasteiger partial charge is 0.478 e. The van der Waals surface area contributed by atoms with Gasteiger partial charge in [-0.15, -0.1) is 10.2 Å². The molecule has 0 spiro atoms. The lowest BCUT2D eigenvalue weighted by molar-refractivity contribution is 0.00635. The van der Waals surface area contributed by atoms with Gasteiger partial charge in [-0.3, -0.25) is 9.13 Å². The number of fused-ring (bicyclic) bond motifs is 3. The van der Waals surface area contributed by atoms with Crippen molar-refractivity contribution in [3.05, 3.63) is 47.0 Å². The topological polar surface area (TPSA) is 87.3 Å². The molecule has 1 atom stereocenters. The standard InChI is InChI=1S/C27H31FN6O3/c1-32-26-25(34(27(32)35)20-13-21(14-20)36-2)22-12-17(4-6-23(22)30-31-26)18-5-7-24(29-15-18)37-11-3-9-33-10-8-19(28)16-33/h4-7,12,15,19-21H,3,8-11,13-14,16H2,1-2H3/t19-,20-,21+/m1/s1. The van der Waals surface area contributed by atoms with E-state index in [1.165, 1.54) is 0 Å². The van der Waals surface area contributed by atoms with E-state index in [2.05, 4.69) is 26.1 Å². The van der Waals surface area contributed by atoms with Gasteiger partial charge in [0.05, 0.1) is 18.2 Å². The van der Waals surface area contributed by atoms with Crippen LogP contribution in [0.3, 0.4) is 0 Å². The first kappa shape index (κ1) is 24.0. The second-order valence-corrected chi connectivity index (χ2v) is 10.1. The lowest BCUT2D eigenvalue weighted by Gasteiger charge is -2.34. The number of imidazole rings is 1. The molecule has 1 aliphatic carbocycles. The van der Waals surface area contributed by atoms with Gasteiger partial charge < -0.3 is 14.4 Å². The summed E-state index contributed by atoms with van der Waals surface area (Å²) >= 11 is 0. The summed E-state index contributed by atoms with van der Waals surface area (Å²) in [5.74, 6) is 0.567. The number of benzene rings is 1. The molecule has 3 aromatic heterocycles. The minimum atomic E-state index is -0.691. The number of alkyl halides is 1. The minimum Gasteiger partial charge on any atom is -0.478 e. The van der Waals surface area contributed by atoms with E-state index in [1.54, 1.807) is 24.9 Å². The number of pyridine rings is 1. The van der Waals surface area contributed by atoms with Gasteiger partial charge in [0.2, 0.25) is 5.88 Å². The summed E-state index contributed by atoms with van der Waals surface area (Å²) in [7, 11) is 3.45. The van der Waals surface area contributed by atoms with Gasteiger partial charge in [0.1, 0.15) is 11.7 Å². The van der Waals surface area contributed by atoms with Crippen molar-refractivity contribution in [3.8, 4) is 17.0 Å². The van der Waals surface area contributed by atoms with E-state index < -0.39 is 6.17 Å². The van der Waals surface area contributed by atoms with Gasteiger partial charge >= 0.3 is 5.69 Å². The van der Waals surface area contributed by atoms with Crippen molar-refractivity contribution in [2.24, 2.45) is 7.05 Å². The van der Waals surface area contributed by atoms with Crippen LogP contribution < -0.4 is 10.4 Å². The second kappa shape index (κ2) is 9.83. The molecule has 2 fully saturated rings. The van der Waals surface area contributed by atoms with Crippen LogP contribution in [0.1, 0.15) is 31.7 Å². The zero-order valence-corrected chi connectivity index (χ0v) is 21.1. The summed E-state index contributed by atoms with van der Waals surface area (Å²) in [4.78, 5) is 19.7. The molecule has 0 bridgehead atoms. The van der Waals surface area contributed by atoms with Crippen molar-refractivity contribution >= 4 is 22.1 Å². The van der Waals surface area contributed by atoms with E-state index in [0.29, 0.717) is 31.1 Å². The fourth-order valence-corrected chi connectivity index (χ4v) is 5.44. The molecule has 4 heterocycles. The van der Waals surface area contributed by atoms with E-state index in [4.69, 9.17) is 9.47 Å². The lowest BCUT2D eigenvalue weighted by atomic mass is 9.89. The number of aromatic nitrogens is 5. The fourth-order valence-electron chi connectivity index (χ4n) is 5.44. The molecule has 1 saturated carbocycles. The van der Waals surface area contributed by atoms with Gasteiger partial charge in [-0.1, -0.05) is 6.07 Å². The Balaban J connectivity index is 1.23. The smallest absolute Gasteiger partial charge is 0.330 e. The molecule has 0 N–H and O–H groups in total. The molecule has 1 aromatic carbocycles. The Labute approximate surface area is 213 Å². The monoisotopic (exact) mass is 506 g/mol. The summed E-state index contributed by atoms with van der Waals surface area (Å²) in [6.07, 6.45) is 4.36. The summed E-state index contributed by atoms with van der Waals surface area (Å²) in [6.45, 7) is 2.74. The van der Waals surface area contributed by atoms with Crippen molar-refractivity contribution in [1.82, 2.24) is 29.2 Å². The number of likely N-dealkylation sites (tertiary alicyclic amines) is 1. The zero-order chi connectivity index (χ0) is 25.5. The van der Waals surface area contributed by atoms with Gasteiger partial charge in [0.25, 0.3) is 0 Å². The molecule has 0 radical (unpaired) electrons. The van der Waals surface area contributed by atoms with Crippen LogP contribution in [0.15, 0.2) is 41.3 Å². The molecular weight excluding hydrogens is 475 g/mol. The van der Waals surface area contributed by atoms with Crippen LogP contribution in [0.25, 0.3) is 33.2 Å². The second-order valence-electron chi connectivity index (χ2n) is 10.1. The summed E-state index contributed by atoms with van der Waals surface area (Å²) in [5.41, 5.74) is 3.96. The summed E-state index contributed by atoms with van der Waals surface area (Å²) in [5, 5.41) is 9.62. The van der Waals surface area contributed by atoms with E-state index >= 15 is 0 Å². The highest BCUT2D eigenvalue weighted by Gasteiger charge is 2.34. The van der Waals surface area contributed by atoms with Gasteiger partial charge in [0.15, 0.2) is 5.65 Å². The normalized spacial score (nSPS) is 22.1. The highest BCUT2D eigenvalue weighted by atomic mass is 19.1. The lowest BCUT2D eigenvalue weighted by Crippen LogP contribution is -2.37. The maximum absolute atomic E-state index is 13.3. The quantitative estimate of drug-likeness (QED) is 0.338. The number of nitrogens with zero attached hydrogens (tertiary/aromatic N) is 6. The molecule has 0 amide bonds. The summed E-state index contributed by atoms with van der Waals surface area (Å²) in [6, 6.07) is 9.91. The molecule has 4 aromatic rings. The van der Waals surface area contributed by atoms with Crippen molar-refractivity contribution < 1.29 is 13.9 Å². The van der Waals surface area contributed by atoms with Crippen molar-refractivity contribution in [2.45, 2.75) is 44.0 Å². The Bertz CT molecular complexity index is 1480. The Kier molecular flexibility index (Phi) is 6.37. The SMILES string of the molecule is CO[C@H]1C[C@@H](n2c(=O)n(C)c3nnc4ccc(-c5ccc(OCCCN6CC[C@@H](F)C6)nc5)cc4c32)C1. The molecule has 1 aliphatic heterocycles. The van der Waals surface area contributed by atoms with E-state index in [-0.39, 0.29) is 17.8 Å². The van der Waals surface area contributed by atoms with E-state index in [1.807, 2.05) is 28.8 Å². The predicted molar refractivity (Wildman–Crippen MR) is 139 cm³/mol. The van der Waals surface area contributed by atoms with Gasteiger partial charge in [0, 0.05) is 63.0 Å². The van der Waals surface area contributed by atoms with Crippen LogP contribution in [0.5, 0.6) is 5.88 Å². The maximum atomic E-state index is 13.3. The molecule has 6 rings (SSSR count). The first-order chi connectivity index (χ1) is 18.0. The van der Waals surface area contributed by atoms with Crippen LogP contribution >= 0.6 is 0 Å². The molecule has 1 saturated heterocycles. The number of hydrogen-bond donors (Lipinski definition) is 0. The number of rotatable bonds is 8. The van der Waals surface area contributed by atoms with Crippen LogP contribution in [-0.4, -0.2) is 74.8 Å². The van der Waals surface area contributed by atoms with Gasteiger partial charge in [-0.2, -0.15) is 0 Å². The molecule has 194 valence electrons. The molecular formula is C27H31FN6O3. The Morgan fingerprint density at radius 2 is 1.97 bits per heavy atom. The Hall–Kier alpha value is -3.37. The molecule has 37 heavy (non-hydrogen) atoms. The van der Waals surface area contributed by atoms with Gasteiger partial charge in [-0.25, -0.2) is 14.2 Å². The highest BCUT2D eigenvalue weighted by molar-refractivity contribution is 6.02. The van der Waals surface area contributed by atoms with Crippen LogP contribution in [0.2, 0.25) is 0 Å². The third-order valence-corrected chi connectivity index (χ3v) is 7.69. The highest BCUT2D eigenvalue weighted by Crippen LogP contribution is 2.37. The van der Waals surface area contributed by atoms with Crippen LogP contribution in [-0.2, 0) is 11.8 Å². The maximum Gasteiger partial charge on any atom is 0.330 e. The van der Waals surface area contributed by atoms with Crippen molar-refractivity contribution in [2.75, 3.05) is 33.4 Å². The molecule has 9 nitrogen and oxygen atoms in total. The van der Waals surface area contributed by atoms with E-state index in [0.717, 1.165) is 59.9 Å². The Morgan fingerprint density at radius 3 is 2.70 bits per heavy atom. The first-order valence-corrected chi connectivity index (χ1v) is 12.9. The number of halogens is 1. The Morgan fingerprint density at radius 1 is 1.14 bits per heavy atom. The van der Waals surface area contributed by atoms with Crippen LogP contribution in [0, 0.1) is 0 Å². The van der Waals surface area contributed by atoms with Crippen LogP contribution in [0.4, 0.5) is 4.39 Å². The number of methoxy groups -OCH3 is 1. The third kappa shape index (κ3) is 4.48. The molecule has 0 unspecified atom stereocenters. The number of ether oxygens (including phenoxy) is 2. The molecule has 2 aliphatic rings.